The minimum atomic E-state index is -2.61. The van der Waals surface area contributed by atoms with Crippen molar-refractivity contribution in [3.63, 3.8) is 0 Å². The highest BCUT2D eigenvalue weighted by atomic mass is 19.3. The van der Waals surface area contributed by atoms with Gasteiger partial charge in [-0.1, -0.05) is 12.1 Å². The number of H-pyrrole nitrogens is 1. The normalized spacial score (nSPS) is 16.0. The Morgan fingerprint density at radius 3 is 2.56 bits per heavy atom. The van der Waals surface area contributed by atoms with Gasteiger partial charge in [-0.15, -0.1) is 0 Å². The van der Waals surface area contributed by atoms with Crippen LogP contribution in [-0.4, -0.2) is 51.0 Å². The second-order valence-electron chi connectivity index (χ2n) is 6.03. The van der Waals surface area contributed by atoms with Crippen LogP contribution < -0.4 is 4.90 Å². The minimum Gasteiger partial charge on any atom is -0.352 e. The van der Waals surface area contributed by atoms with Crippen molar-refractivity contribution in [2.75, 3.05) is 31.1 Å². The van der Waals surface area contributed by atoms with Gasteiger partial charge >= 0.3 is 0 Å². The minimum absolute atomic E-state index is 0.242. The number of hydrogen-bond acceptors (Lipinski definition) is 5. The molecule has 0 atom stereocenters. The number of aromatic nitrogens is 4. The smallest absolute Gasteiger partial charge is 0.284 e. The summed E-state index contributed by atoms with van der Waals surface area (Å²) >= 11 is 0. The number of hydrogen-bond donors (Lipinski definition) is 1. The molecule has 130 valence electrons. The predicted octanol–water partition coefficient (Wildman–Crippen LogP) is 2.61. The molecule has 0 amide bonds. The van der Waals surface area contributed by atoms with E-state index in [2.05, 4.69) is 24.8 Å². The number of anilines is 1. The molecule has 0 radical (unpaired) electrons. The third kappa shape index (κ3) is 3.30. The van der Waals surface area contributed by atoms with Crippen LogP contribution in [-0.2, 0) is 6.54 Å². The van der Waals surface area contributed by atoms with Gasteiger partial charge in [0.1, 0.15) is 11.5 Å². The van der Waals surface area contributed by atoms with Crippen LogP contribution in [0.2, 0.25) is 0 Å². The van der Waals surface area contributed by atoms with E-state index in [1.165, 1.54) is 12.4 Å². The summed E-state index contributed by atoms with van der Waals surface area (Å²) in [6.07, 6.45) is 0.155. The van der Waals surface area contributed by atoms with Crippen LogP contribution in [0.3, 0.4) is 0 Å². The zero-order valence-electron chi connectivity index (χ0n) is 13.6. The van der Waals surface area contributed by atoms with E-state index in [9.17, 15) is 8.78 Å². The van der Waals surface area contributed by atoms with Gasteiger partial charge in [0.2, 0.25) is 0 Å². The Morgan fingerprint density at radius 2 is 1.80 bits per heavy atom. The Morgan fingerprint density at radius 1 is 1.04 bits per heavy atom. The lowest BCUT2D eigenvalue weighted by atomic mass is 10.3. The molecule has 3 heterocycles. The molecule has 1 aromatic carbocycles. The number of fused-ring (bicyclic) bond motifs is 1. The fourth-order valence-electron chi connectivity index (χ4n) is 3.15. The molecular formula is C17H18F2N6. The Kier molecular flexibility index (Phi) is 4.27. The topological polar surface area (TPSA) is 60.9 Å². The van der Waals surface area contributed by atoms with E-state index in [4.69, 9.17) is 0 Å². The third-order valence-corrected chi connectivity index (χ3v) is 4.40. The number of imidazole rings is 1. The van der Waals surface area contributed by atoms with Crippen LogP contribution in [0.1, 0.15) is 17.9 Å². The molecule has 0 aliphatic carbocycles. The van der Waals surface area contributed by atoms with Crippen molar-refractivity contribution in [3.05, 3.63) is 48.2 Å². The summed E-state index contributed by atoms with van der Waals surface area (Å²) in [7, 11) is 0. The van der Waals surface area contributed by atoms with Crippen LogP contribution in [0.5, 0.6) is 0 Å². The standard InChI is InChI=1S/C17H18F2N6/c18-16(19)15-17(21-6-5-20-15)25-9-7-24(8-10-25)11-14-22-12-3-1-2-4-13(12)23-14/h1-6,16H,7-11H2,(H,22,23). The number of piperazine rings is 1. The number of aromatic amines is 1. The van der Waals surface area contributed by atoms with E-state index in [0.29, 0.717) is 25.5 Å². The number of nitrogens with one attached hydrogen (secondary N) is 1. The highest BCUT2D eigenvalue weighted by Gasteiger charge is 2.24. The van der Waals surface area contributed by atoms with Crippen LogP contribution in [0.4, 0.5) is 14.6 Å². The molecule has 25 heavy (non-hydrogen) atoms. The molecule has 1 N–H and O–H groups in total. The van der Waals surface area contributed by atoms with Crippen LogP contribution in [0, 0.1) is 0 Å². The lowest BCUT2D eigenvalue weighted by Crippen LogP contribution is -2.46. The van der Waals surface area contributed by atoms with Gasteiger partial charge in [0.15, 0.2) is 5.82 Å². The molecule has 1 fully saturated rings. The maximum absolute atomic E-state index is 13.1. The van der Waals surface area contributed by atoms with E-state index in [0.717, 1.165) is 29.9 Å². The average molecular weight is 344 g/mol. The number of benzene rings is 1. The van der Waals surface area contributed by atoms with Gasteiger partial charge in [-0.05, 0) is 12.1 Å². The van der Waals surface area contributed by atoms with E-state index < -0.39 is 6.43 Å². The van der Waals surface area contributed by atoms with E-state index in [1.54, 1.807) is 0 Å². The van der Waals surface area contributed by atoms with E-state index >= 15 is 0 Å². The van der Waals surface area contributed by atoms with E-state index in [-0.39, 0.29) is 5.69 Å². The average Bonchev–Trinajstić information content (AvgIpc) is 3.04. The van der Waals surface area contributed by atoms with Gasteiger partial charge in [-0.3, -0.25) is 4.90 Å². The second-order valence-corrected chi connectivity index (χ2v) is 6.03. The van der Waals surface area contributed by atoms with Gasteiger partial charge < -0.3 is 9.88 Å². The lowest BCUT2D eigenvalue weighted by molar-refractivity contribution is 0.145. The molecule has 3 aromatic rings. The highest BCUT2D eigenvalue weighted by molar-refractivity contribution is 5.74. The summed E-state index contributed by atoms with van der Waals surface area (Å²) < 4.78 is 26.2. The molecule has 1 saturated heterocycles. The molecule has 4 rings (SSSR count). The Bertz CT molecular complexity index is 824. The van der Waals surface area contributed by atoms with Crippen molar-refractivity contribution in [3.8, 4) is 0 Å². The first-order valence-corrected chi connectivity index (χ1v) is 8.20. The van der Waals surface area contributed by atoms with Crippen molar-refractivity contribution < 1.29 is 8.78 Å². The predicted molar refractivity (Wildman–Crippen MR) is 90.6 cm³/mol. The quantitative estimate of drug-likeness (QED) is 0.788. The molecule has 0 saturated carbocycles. The zero-order chi connectivity index (χ0) is 17.2. The third-order valence-electron chi connectivity index (χ3n) is 4.40. The van der Waals surface area contributed by atoms with Gasteiger partial charge in [0.05, 0.1) is 17.6 Å². The second kappa shape index (κ2) is 6.72. The number of rotatable bonds is 4. The molecule has 6 nitrogen and oxygen atoms in total. The molecule has 2 aromatic heterocycles. The van der Waals surface area contributed by atoms with Crippen molar-refractivity contribution in [2.24, 2.45) is 0 Å². The first-order valence-electron chi connectivity index (χ1n) is 8.20. The summed E-state index contributed by atoms with van der Waals surface area (Å²) in [6.45, 7) is 3.51. The lowest BCUT2D eigenvalue weighted by Gasteiger charge is -2.35. The van der Waals surface area contributed by atoms with Gasteiger partial charge in [-0.2, -0.15) is 0 Å². The number of alkyl halides is 2. The summed E-state index contributed by atoms with van der Waals surface area (Å²) in [4.78, 5) is 19.9. The molecule has 0 spiro atoms. The van der Waals surface area contributed by atoms with E-state index in [1.807, 2.05) is 29.2 Å². The summed E-state index contributed by atoms with van der Waals surface area (Å²) in [5.74, 6) is 1.21. The summed E-state index contributed by atoms with van der Waals surface area (Å²) in [5.41, 5.74) is 1.74. The molecule has 1 aliphatic heterocycles. The number of para-hydroxylation sites is 2. The van der Waals surface area contributed by atoms with Crippen molar-refractivity contribution in [1.82, 2.24) is 24.8 Å². The fraction of sp³-hybridized carbons (Fsp3) is 0.353. The first-order chi connectivity index (χ1) is 12.2. The molecule has 8 heteroatoms. The molecule has 0 unspecified atom stereocenters. The largest absolute Gasteiger partial charge is 0.352 e. The number of halogens is 2. The Balaban J connectivity index is 1.41. The highest BCUT2D eigenvalue weighted by Crippen LogP contribution is 2.26. The van der Waals surface area contributed by atoms with Crippen LogP contribution >= 0.6 is 0 Å². The molecule has 0 bridgehead atoms. The van der Waals surface area contributed by atoms with Crippen molar-refractivity contribution >= 4 is 16.9 Å². The SMILES string of the molecule is FC(F)c1nccnc1N1CCN(Cc2nc3ccccc3[nH]2)CC1. The van der Waals surface area contributed by atoms with Crippen LogP contribution in [0.15, 0.2) is 36.7 Å². The monoisotopic (exact) mass is 344 g/mol. The van der Waals surface area contributed by atoms with Crippen LogP contribution in [0.25, 0.3) is 11.0 Å². The maximum Gasteiger partial charge on any atom is 0.284 e. The van der Waals surface area contributed by atoms with Crippen molar-refractivity contribution in [2.45, 2.75) is 13.0 Å². The van der Waals surface area contributed by atoms with Gasteiger partial charge in [0.25, 0.3) is 6.43 Å². The van der Waals surface area contributed by atoms with Gasteiger partial charge in [0, 0.05) is 38.6 Å². The first kappa shape index (κ1) is 15.9. The summed E-state index contributed by atoms with van der Waals surface area (Å²) in [5, 5.41) is 0. The Labute approximate surface area is 143 Å². The number of nitrogens with zero attached hydrogens (tertiary/aromatic N) is 5. The molecular weight excluding hydrogens is 326 g/mol. The zero-order valence-corrected chi connectivity index (χ0v) is 13.6. The Hall–Kier alpha value is -2.61. The fourth-order valence-corrected chi connectivity index (χ4v) is 3.15. The van der Waals surface area contributed by atoms with Crippen molar-refractivity contribution in [1.29, 1.82) is 0 Å². The maximum atomic E-state index is 13.1. The van der Waals surface area contributed by atoms with Gasteiger partial charge in [-0.25, -0.2) is 23.7 Å². The summed E-state index contributed by atoms with van der Waals surface area (Å²) in [6, 6.07) is 7.93. The molecule has 1 aliphatic rings.